The molecule has 0 bridgehead atoms. The molecule has 0 aliphatic carbocycles. The van der Waals surface area contributed by atoms with E-state index in [2.05, 4.69) is 11.6 Å². The summed E-state index contributed by atoms with van der Waals surface area (Å²) in [6.07, 6.45) is 2.76. The van der Waals surface area contributed by atoms with E-state index in [4.69, 9.17) is 5.26 Å². The predicted octanol–water partition coefficient (Wildman–Crippen LogP) is 3.54. The molecule has 0 unspecified atom stereocenters. The van der Waals surface area contributed by atoms with Crippen molar-refractivity contribution in [1.29, 1.82) is 5.26 Å². The second-order valence-electron chi connectivity index (χ2n) is 3.53. The third-order valence-electron chi connectivity index (χ3n) is 2.52. The van der Waals surface area contributed by atoms with Crippen LogP contribution in [0.5, 0.6) is 0 Å². The van der Waals surface area contributed by atoms with Crippen molar-refractivity contribution in [3.63, 3.8) is 0 Å². The molecule has 0 radical (unpaired) electrons. The van der Waals surface area contributed by atoms with Crippen LogP contribution in [-0.4, -0.2) is 4.98 Å². The monoisotopic (exact) mass is 242 g/mol. The summed E-state index contributed by atoms with van der Waals surface area (Å²) in [5.74, 6) is -1.43. The van der Waals surface area contributed by atoms with Gasteiger partial charge < -0.3 is 0 Å². The molecule has 0 aliphatic rings. The molecule has 0 N–H and O–H groups in total. The van der Waals surface area contributed by atoms with Gasteiger partial charge in [0.05, 0.1) is 16.8 Å². The summed E-state index contributed by atoms with van der Waals surface area (Å²) in [5, 5.41) is 9.09. The molecule has 0 saturated carbocycles. The summed E-state index contributed by atoms with van der Waals surface area (Å²) in [7, 11) is 0. The molecule has 1 aromatic carbocycles. The van der Waals surface area contributed by atoms with Crippen molar-refractivity contribution in [2.24, 2.45) is 0 Å². The molecule has 4 heteroatoms. The molecule has 18 heavy (non-hydrogen) atoms. The molecule has 0 saturated heterocycles. The van der Waals surface area contributed by atoms with Gasteiger partial charge in [0.2, 0.25) is 0 Å². The summed E-state index contributed by atoms with van der Waals surface area (Å²) in [6, 6.07) is 6.88. The first-order chi connectivity index (χ1) is 8.69. The molecule has 2 aromatic rings. The van der Waals surface area contributed by atoms with E-state index in [-0.39, 0.29) is 16.7 Å². The van der Waals surface area contributed by atoms with E-state index in [0.717, 1.165) is 12.1 Å². The Morgan fingerprint density at radius 3 is 2.44 bits per heavy atom. The van der Waals surface area contributed by atoms with Crippen LogP contribution in [0.15, 0.2) is 37.0 Å². The quantitative estimate of drug-likeness (QED) is 0.807. The second kappa shape index (κ2) is 4.76. The van der Waals surface area contributed by atoms with Crippen molar-refractivity contribution >= 4 is 6.08 Å². The lowest BCUT2D eigenvalue weighted by Crippen LogP contribution is -1.96. The van der Waals surface area contributed by atoms with Crippen LogP contribution in [0.3, 0.4) is 0 Å². The van der Waals surface area contributed by atoms with Gasteiger partial charge in [0.15, 0.2) is 0 Å². The van der Waals surface area contributed by atoms with Crippen molar-refractivity contribution in [1.82, 2.24) is 4.98 Å². The summed E-state index contributed by atoms with van der Waals surface area (Å²) >= 11 is 0. The van der Waals surface area contributed by atoms with Crippen molar-refractivity contribution in [3.05, 3.63) is 59.9 Å². The molecule has 0 atom stereocenters. The molecule has 88 valence electrons. The molecule has 0 fully saturated rings. The van der Waals surface area contributed by atoms with Gasteiger partial charge in [-0.05, 0) is 24.3 Å². The number of hydrogen-bond donors (Lipinski definition) is 0. The molecular formula is C14H8F2N2. The van der Waals surface area contributed by atoms with Crippen LogP contribution in [0.25, 0.3) is 17.2 Å². The van der Waals surface area contributed by atoms with Crippen LogP contribution in [0, 0.1) is 23.0 Å². The highest BCUT2D eigenvalue weighted by atomic mass is 19.1. The maximum Gasteiger partial charge on any atom is 0.134 e. The van der Waals surface area contributed by atoms with E-state index in [9.17, 15) is 8.78 Å². The fraction of sp³-hybridized carbons (Fsp3) is 0. The summed E-state index contributed by atoms with van der Waals surface area (Å²) < 4.78 is 27.4. The first-order valence-corrected chi connectivity index (χ1v) is 5.15. The van der Waals surface area contributed by atoms with E-state index in [0.29, 0.717) is 5.69 Å². The van der Waals surface area contributed by atoms with Gasteiger partial charge in [-0.2, -0.15) is 5.26 Å². The van der Waals surface area contributed by atoms with Gasteiger partial charge in [-0.1, -0.05) is 12.6 Å². The van der Waals surface area contributed by atoms with Gasteiger partial charge in [0.25, 0.3) is 0 Å². The van der Waals surface area contributed by atoms with Gasteiger partial charge in [0.1, 0.15) is 17.7 Å². The minimum atomic E-state index is -0.715. The summed E-state index contributed by atoms with van der Waals surface area (Å²) in [5.41, 5.74) is 0.367. The summed E-state index contributed by atoms with van der Waals surface area (Å²) in [6.45, 7) is 3.52. The van der Waals surface area contributed by atoms with Gasteiger partial charge >= 0.3 is 0 Å². The van der Waals surface area contributed by atoms with Crippen molar-refractivity contribution in [3.8, 4) is 17.2 Å². The lowest BCUT2D eigenvalue weighted by molar-refractivity contribution is 0.589. The first kappa shape index (κ1) is 11.9. The number of pyridine rings is 1. The zero-order valence-electron chi connectivity index (χ0n) is 9.32. The van der Waals surface area contributed by atoms with Crippen molar-refractivity contribution < 1.29 is 8.78 Å². The number of nitrogens with zero attached hydrogens (tertiary/aromatic N) is 2. The third kappa shape index (κ3) is 1.87. The second-order valence-corrected chi connectivity index (χ2v) is 3.53. The first-order valence-electron chi connectivity index (χ1n) is 5.15. The topological polar surface area (TPSA) is 36.7 Å². The van der Waals surface area contributed by atoms with Crippen LogP contribution in [0.2, 0.25) is 0 Å². The van der Waals surface area contributed by atoms with Gasteiger partial charge in [0, 0.05) is 11.8 Å². The minimum Gasteiger partial charge on any atom is -0.255 e. The SMILES string of the molecule is C=Cc1nccc(-c2c(F)cccc2F)c1C#N. The number of hydrogen-bond acceptors (Lipinski definition) is 2. The molecule has 0 aliphatic heterocycles. The fourth-order valence-corrected chi connectivity index (χ4v) is 1.71. The molecule has 1 heterocycles. The standard InChI is InChI=1S/C14H8F2N2/c1-2-13-10(8-17)9(6-7-18-13)14-11(15)4-3-5-12(14)16/h2-7H,1H2. The Labute approximate surface area is 103 Å². The molecule has 1 aromatic heterocycles. The highest BCUT2D eigenvalue weighted by Gasteiger charge is 2.16. The van der Waals surface area contributed by atoms with Crippen LogP contribution in [0.4, 0.5) is 8.78 Å². The van der Waals surface area contributed by atoms with Gasteiger partial charge in [-0.15, -0.1) is 0 Å². The maximum atomic E-state index is 13.7. The highest BCUT2D eigenvalue weighted by Crippen LogP contribution is 2.29. The van der Waals surface area contributed by atoms with E-state index in [1.54, 1.807) is 0 Å². The number of nitriles is 1. The zero-order valence-corrected chi connectivity index (χ0v) is 9.32. The Bertz CT molecular complexity index is 637. The Morgan fingerprint density at radius 1 is 1.22 bits per heavy atom. The lowest BCUT2D eigenvalue weighted by Gasteiger charge is -2.08. The normalized spacial score (nSPS) is 9.83. The fourth-order valence-electron chi connectivity index (χ4n) is 1.71. The van der Waals surface area contributed by atoms with Gasteiger partial charge in [-0.3, -0.25) is 4.98 Å². The van der Waals surface area contributed by atoms with E-state index >= 15 is 0 Å². The Hall–Kier alpha value is -2.54. The number of aromatic nitrogens is 1. The number of rotatable bonds is 2. The third-order valence-corrected chi connectivity index (χ3v) is 2.52. The minimum absolute atomic E-state index is 0.108. The molecule has 2 rings (SSSR count). The van der Waals surface area contributed by atoms with Crippen LogP contribution in [0.1, 0.15) is 11.3 Å². The average Bonchev–Trinajstić information content (AvgIpc) is 2.38. The maximum absolute atomic E-state index is 13.7. The molecule has 2 nitrogen and oxygen atoms in total. The van der Waals surface area contributed by atoms with Crippen LogP contribution < -0.4 is 0 Å². The lowest BCUT2D eigenvalue weighted by atomic mass is 9.99. The van der Waals surface area contributed by atoms with E-state index in [1.165, 1.54) is 24.4 Å². The molecular weight excluding hydrogens is 234 g/mol. The predicted molar refractivity (Wildman–Crippen MR) is 64.4 cm³/mol. The van der Waals surface area contributed by atoms with E-state index in [1.807, 2.05) is 6.07 Å². The largest absolute Gasteiger partial charge is 0.255 e. The Balaban J connectivity index is 2.80. The van der Waals surface area contributed by atoms with Crippen molar-refractivity contribution in [2.45, 2.75) is 0 Å². The smallest absolute Gasteiger partial charge is 0.134 e. The zero-order chi connectivity index (χ0) is 13.1. The Morgan fingerprint density at radius 2 is 1.89 bits per heavy atom. The highest BCUT2D eigenvalue weighted by molar-refractivity contribution is 5.75. The van der Waals surface area contributed by atoms with Gasteiger partial charge in [-0.25, -0.2) is 8.78 Å². The number of halogens is 2. The number of benzene rings is 1. The summed E-state index contributed by atoms with van der Waals surface area (Å²) in [4.78, 5) is 3.93. The Kier molecular flexibility index (Phi) is 3.16. The van der Waals surface area contributed by atoms with Crippen LogP contribution in [-0.2, 0) is 0 Å². The van der Waals surface area contributed by atoms with Crippen LogP contribution >= 0.6 is 0 Å². The molecule has 0 amide bonds. The van der Waals surface area contributed by atoms with E-state index < -0.39 is 11.6 Å². The van der Waals surface area contributed by atoms with Crippen molar-refractivity contribution in [2.75, 3.05) is 0 Å². The molecule has 0 spiro atoms. The average molecular weight is 242 g/mol.